The largest absolute Gasteiger partial charge is 1.00 e. The Morgan fingerprint density at radius 2 is 1.92 bits per heavy atom. The van der Waals surface area contributed by atoms with Crippen molar-refractivity contribution in [2.45, 2.75) is 0 Å². The molecule has 0 aliphatic heterocycles. The van der Waals surface area contributed by atoms with Crippen molar-refractivity contribution in [2.24, 2.45) is 0 Å². The zero-order chi connectivity index (χ0) is 8.10. The van der Waals surface area contributed by atoms with E-state index in [0.29, 0.717) is 11.8 Å². The molecule has 1 aromatic rings. The van der Waals surface area contributed by atoms with Crippen LogP contribution in [-0.4, -0.2) is 0 Å². The fourth-order valence-corrected chi connectivity index (χ4v) is 0.777. The van der Waals surface area contributed by atoms with Gasteiger partial charge in [0.1, 0.15) is 0 Å². The van der Waals surface area contributed by atoms with Crippen LogP contribution in [0.25, 0.3) is 5.57 Å². The van der Waals surface area contributed by atoms with Gasteiger partial charge in [0, 0.05) is 5.57 Å². The van der Waals surface area contributed by atoms with Gasteiger partial charge in [-0.2, -0.15) is 5.26 Å². The van der Waals surface area contributed by atoms with Crippen LogP contribution in [0.1, 0.15) is 5.56 Å². The molecule has 0 saturated carbocycles. The number of hydrogen-bond donors (Lipinski definition) is 0. The monoisotopic (exact) mass is 167 g/mol. The van der Waals surface area contributed by atoms with Gasteiger partial charge in [0.15, 0.2) is 0 Å². The number of hydrogen-bond acceptors (Lipinski definition) is 2. The predicted molar refractivity (Wildman–Crippen MR) is 40.0 cm³/mol. The minimum atomic E-state index is 0. The molecule has 1 aromatic carbocycles. The number of allylic oxidation sites excluding steroid dienone is 1. The van der Waals surface area contributed by atoms with Crippen LogP contribution >= 0.6 is 0 Å². The number of nitrogens with zero attached hydrogens (tertiary/aromatic N) is 1. The van der Waals surface area contributed by atoms with E-state index in [1.54, 1.807) is 24.3 Å². The molecule has 0 N–H and O–H groups in total. The smallest absolute Gasteiger partial charge is 0.877 e. The molecule has 54 valence electrons. The Kier molecular flexibility index (Phi) is 5.48. The third kappa shape index (κ3) is 2.71. The normalized spacial score (nSPS) is 9.75. The molecule has 0 fully saturated rings. The van der Waals surface area contributed by atoms with E-state index in [4.69, 9.17) is 5.26 Å². The number of rotatable bonds is 1. The van der Waals surface area contributed by atoms with Crippen molar-refractivity contribution in [3.8, 4) is 6.07 Å². The topological polar surface area (TPSA) is 46.8 Å². The van der Waals surface area contributed by atoms with Crippen LogP contribution in [0.5, 0.6) is 0 Å². The van der Waals surface area contributed by atoms with Gasteiger partial charge >= 0.3 is 29.6 Å². The SMILES string of the molecule is N#C/C(=C/[O-])c1ccccc1.[Na+]. The Morgan fingerprint density at radius 3 is 2.33 bits per heavy atom. The van der Waals surface area contributed by atoms with Crippen LogP contribution in [0.15, 0.2) is 36.6 Å². The summed E-state index contributed by atoms with van der Waals surface area (Å²) in [5.74, 6) is 0. The van der Waals surface area contributed by atoms with Gasteiger partial charge in [-0.15, -0.1) is 6.26 Å². The van der Waals surface area contributed by atoms with Gasteiger partial charge in [0.2, 0.25) is 0 Å². The van der Waals surface area contributed by atoms with Gasteiger partial charge in [0.25, 0.3) is 0 Å². The zero-order valence-corrected chi connectivity index (χ0v) is 8.82. The van der Waals surface area contributed by atoms with Crippen molar-refractivity contribution < 1.29 is 34.7 Å². The molecule has 0 radical (unpaired) electrons. The summed E-state index contributed by atoms with van der Waals surface area (Å²) in [6, 6.07) is 10.7. The summed E-state index contributed by atoms with van der Waals surface area (Å²) in [4.78, 5) is 0. The van der Waals surface area contributed by atoms with E-state index < -0.39 is 0 Å². The first-order chi connectivity index (χ1) is 5.38. The minimum Gasteiger partial charge on any atom is -0.877 e. The summed E-state index contributed by atoms with van der Waals surface area (Å²) in [7, 11) is 0. The number of benzene rings is 1. The molecule has 0 amide bonds. The first-order valence-electron chi connectivity index (χ1n) is 3.16. The zero-order valence-electron chi connectivity index (χ0n) is 6.82. The van der Waals surface area contributed by atoms with Gasteiger partial charge in [-0.05, 0) is 5.56 Å². The van der Waals surface area contributed by atoms with E-state index in [9.17, 15) is 5.11 Å². The third-order valence-corrected chi connectivity index (χ3v) is 1.32. The Hall–Kier alpha value is -0.750. The molecule has 0 heterocycles. The maximum atomic E-state index is 10.3. The van der Waals surface area contributed by atoms with E-state index >= 15 is 0 Å². The van der Waals surface area contributed by atoms with E-state index in [1.807, 2.05) is 12.1 Å². The van der Waals surface area contributed by atoms with Gasteiger partial charge in [-0.3, -0.25) is 0 Å². The van der Waals surface area contributed by atoms with Crippen LogP contribution in [-0.2, 0) is 0 Å². The summed E-state index contributed by atoms with van der Waals surface area (Å²) in [6.07, 6.45) is 0.565. The molecule has 0 saturated heterocycles. The first-order valence-corrected chi connectivity index (χ1v) is 3.16. The summed E-state index contributed by atoms with van der Waals surface area (Å²) in [6.45, 7) is 0. The molecule has 12 heavy (non-hydrogen) atoms. The van der Waals surface area contributed by atoms with Crippen LogP contribution in [0, 0.1) is 11.3 Å². The molecule has 0 aliphatic carbocycles. The van der Waals surface area contributed by atoms with E-state index in [1.165, 1.54) is 0 Å². The second-order valence-corrected chi connectivity index (χ2v) is 2.01. The predicted octanol–water partition coefficient (Wildman–Crippen LogP) is -2.08. The van der Waals surface area contributed by atoms with Crippen LogP contribution in [0.3, 0.4) is 0 Å². The van der Waals surface area contributed by atoms with Crippen molar-refractivity contribution in [1.29, 1.82) is 5.26 Å². The molecule has 0 spiro atoms. The molecule has 0 unspecified atom stereocenters. The quantitative estimate of drug-likeness (QED) is 0.274. The second-order valence-electron chi connectivity index (χ2n) is 2.01. The summed E-state index contributed by atoms with van der Waals surface area (Å²) >= 11 is 0. The van der Waals surface area contributed by atoms with E-state index in [0.717, 1.165) is 0 Å². The summed E-state index contributed by atoms with van der Waals surface area (Å²) in [5.41, 5.74) is 0.843. The second kappa shape index (κ2) is 5.84. The van der Waals surface area contributed by atoms with Gasteiger partial charge in [-0.1, -0.05) is 30.3 Å². The standard InChI is InChI=1S/C9H7NO.Na/c10-6-9(7-11)8-4-2-1-3-5-8;/h1-5,7,11H;/q;+1/p-1/b9-7-;. The third-order valence-electron chi connectivity index (χ3n) is 1.32. The Morgan fingerprint density at radius 1 is 1.33 bits per heavy atom. The van der Waals surface area contributed by atoms with Gasteiger partial charge in [-0.25, -0.2) is 0 Å². The maximum Gasteiger partial charge on any atom is 1.00 e. The Balaban J connectivity index is 0.00000121. The fraction of sp³-hybridized carbons (Fsp3) is 0. The molecule has 0 atom stereocenters. The van der Waals surface area contributed by atoms with E-state index in [2.05, 4.69) is 0 Å². The van der Waals surface area contributed by atoms with E-state index in [-0.39, 0.29) is 35.1 Å². The molecule has 3 heteroatoms. The molecule has 0 aromatic heterocycles. The van der Waals surface area contributed by atoms with Crippen LogP contribution in [0.2, 0.25) is 0 Å². The molecule has 0 aliphatic rings. The van der Waals surface area contributed by atoms with Crippen LogP contribution in [0.4, 0.5) is 0 Å². The average Bonchev–Trinajstić information content (AvgIpc) is 2.09. The van der Waals surface area contributed by atoms with Crippen molar-refractivity contribution >= 4 is 5.57 Å². The fourth-order valence-electron chi connectivity index (χ4n) is 0.777. The van der Waals surface area contributed by atoms with Gasteiger partial charge in [0.05, 0.1) is 6.07 Å². The van der Waals surface area contributed by atoms with Crippen molar-refractivity contribution in [3.63, 3.8) is 0 Å². The summed E-state index contributed by atoms with van der Waals surface area (Å²) < 4.78 is 0. The minimum absolute atomic E-state index is 0. The van der Waals surface area contributed by atoms with Crippen LogP contribution < -0.4 is 34.7 Å². The van der Waals surface area contributed by atoms with Crippen molar-refractivity contribution in [3.05, 3.63) is 42.2 Å². The molecular weight excluding hydrogens is 161 g/mol. The maximum absolute atomic E-state index is 10.3. The van der Waals surface area contributed by atoms with Crippen molar-refractivity contribution in [1.82, 2.24) is 0 Å². The average molecular weight is 167 g/mol. The molecule has 0 bridgehead atoms. The van der Waals surface area contributed by atoms with Gasteiger partial charge < -0.3 is 5.11 Å². The molecule has 1 rings (SSSR count). The molecular formula is C9H6NNaO. The summed E-state index contributed by atoms with van der Waals surface area (Å²) in [5, 5.41) is 18.7. The Bertz CT molecular complexity index is 300. The number of nitriles is 1. The van der Waals surface area contributed by atoms with Crippen molar-refractivity contribution in [2.75, 3.05) is 0 Å². The molecule has 2 nitrogen and oxygen atoms in total. The first kappa shape index (κ1) is 11.2. The Labute approximate surface area is 93.4 Å².